The lowest BCUT2D eigenvalue weighted by molar-refractivity contribution is 0.0691. The minimum Gasteiger partial charge on any atom is -0.478 e. The van der Waals surface area contributed by atoms with Gasteiger partial charge in [0.1, 0.15) is 5.82 Å². The van der Waals surface area contributed by atoms with Gasteiger partial charge < -0.3 is 5.11 Å². The van der Waals surface area contributed by atoms with Crippen molar-refractivity contribution in [3.63, 3.8) is 0 Å². The molecule has 0 aromatic heterocycles. The van der Waals surface area contributed by atoms with Gasteiger partial charge in [-0.2, -0.15) is 0 Å². The lowest BCUT2D eigenvalue weighted by Gasteiger charge is -2.07. The Morgan fingerprint density at radius 2 is 2.25 bits per heavy atom. The average Bonchev–Trinajstić information content (AvgIpc) is 2.96. The van der Waals surface area contributed by atoms with Gasteiger partial charge in [-0.1, -0.05) is 13.3 Å². The molecule has 16 heavy (non-hydrogen) atoms. The lowest BCUT2D eigenvalue weighted by Crippen LogP contribution is -2.03. The monoisotopic (exact) mass is 222 g/mol. The second kappa shape index (κ2) is 3.89. The minimum absolute atomic E-state index is 0.206. The fraction of sp³-hybridized carbons (Fsp3) is 0.462. The maximum atomic E-state index is 13.4. The first-order chi connectivity index (χ1) is 7.54. The van der Waals surface area contributed by atoms with E-state index in [1.807, 2.05) is 6.92 Å². The van der Waals surface area contributed by atoms with Gasteiger partial charge in [0.25, 0.3) is 0 Å². The van der Waals surface area contributed by atoms with Crippen molar-refractivity contribution in [1.29, 1.82) is 0 Å². The summed E-state index contributed by atoms with van der Waals surface area (Å²) in [7, 11) is 0. The van der Waals surface area contributed by atoms with E-state index in [4.69, 9.17) is 5.11 Å². The first kappa shape index (κ1) is 11.1. The molecule has 2 unspecified atom stereocenters. The number of carboxylic acid groups (broad SMARTS) is 1. The number of hydrogen-bond acceptors (Lipinski definition) is 1. The Kier molecular flexibility index (Phi) is 2.70. The molecular weight excluding hydrogens is 207 g/mol. The van der Waals surface area contributed by atoms with Gasteiger partial charge in [0.2, 0.25) is 0 Å². The number of aromatic carboxylic acids is 1. The average molecular weight is 222 g/mol. The third-order valence-electron chi connectivity index (χ3n) is 3.43. The van der Waals surface area contributed by atoms with Crippen molar-refractivity contribution in [3.8, 4) is 0 Å². The summed E-state index contributed by atoms with van der Waals surface area (Å²) in [4.78, 5) is 10.8. The molecule has 1 aliphatic rings. The Morgan fingerprint density at radius 3 is 2.75 bits per heavy atom. The molecule has 86 valence electrons. The Hall–Kier alpha value is -1.38. The van der Waals surface area contributed by atoms with Gasteiger partial charge in [-0.15, -0.1) is 0 Å². The highest BCUT2D eigenvalue weighted by Crippen LogP contribution is 2.50. The van der Waals surface area contributed by atoms with Crippen molar-refractivity contribution in [2.45, 2.75) is 32.6 Å². The summed E-state index contributed by atoms with van der Waals surface area (Å²) in [6.45, 7) is 3.97. The molecule has 1 aliphatic carbocycles. The molecule has 1 aromatic carbocycles. The smallest absolute Gasteiger partial charge is 0.338 e. The SMILES string of the molecule is CCC1CC1c1cc(C(=O)O)c(F)cc1C. The summed E-state index contributed by atoms with van der Waals surface area (Å²) in [6.07, 6.45) is 2.20. The zero-order valence-corrected chi connectivity index (χ0v) is 9.46. The van der Waals surface area contributed by atoms with Crippen LogP contribution < -0.4 is 0 Å². The first-order valence-corrected chi connectivity index (χ1v) is 5.58. The maximum Gasteiger partial charge on any atom is 0.338 e. The van der Waals surface area contributed by atoms with Crippen molar-refractivity contribution in [1.82, 2.24) is 0 Å². The molecule has 2 nitrogen and oxygen atoms in total. The van der Waals surface area contributed by atoms with Gasteiger partial charge in [0, 0.05) is 0 Å². The van der Waals surface area contributed by atoms with E-state index in [1.165, 1.54) is 12.1 Å². The van der Waals surface area contributed by atoms with Gasteiger partial charge in [0.15, 0.2) is 0 Å². The van der Waals surface area contributed by atoms with Gasteiger partial charge in [-0.05, 0) is 48.4 Å². The fourth-order valence-corrected chi connectivity index (χ4v) is 2.33. The zero-order chi connectivity index (χ0) is 11.9. The van der Waals surface area contributed by atoms with E-state index in [-0.39, 0.29) is 5.56 Å². The first-order valence-electron chi connectivity index (χ1n) is 5.58. The summed E-state index contributed by atoms with van der Waals surface area (Å²) in [5.74, 6) is -0.746. The van der Waals surface area contributed by atoms with Crippen LogP contribution in [0.3, 0.4) is 0 Å². The van der Waals surface area contributed by atoms with E-state index in [1.54, 1.807) is 0 Å². The summed E-state index contributed by atoms with van der Waals surface area (Å²) >= 11 is 0. The molecule has 1 saturated carbocycles. The van der Waals surface area contributed by atoms with Crippen LogP contribution in [0, 0.1) is 18.7 Å². The molecule has 0 bridgehead atoms. The van der Waals surface area contributed by atoms with Crippen LogP contribution in [0.2, 0.25) is 0 Å². The third kappa shape index (κ3) is 1.82. The molecule has 0 radical (unpaired) electrons. The number of aryl methyl sites for hydroxylation is 1. The van der Waals surface area contributed by atoms with Crippen molar-refractivity contribution >= 4 is 5.97 Å². The molecule has 0 amide bonds. The molecule has 0 saturated heterocycles. The summed E-state index contributed by atoms with van der Waals surface area (Å²) in [6, 6.07) is 2.84. The minimum atomic E-state index is -1.19. The Bertz CT molecular complexity index is 440. The second-order valence-corrected chi connectivity index (χ2v) is 4.50. The van der Waals surface area contributed by atoms with E-state index < -0.39 is 11.8 Å². The molecular formula is C13H15FO2. The number of hydrogen-bond donors (Lipinski definition) is 1. The number of benzene rings is 1. The Labute approximate surface area is 94.1 Å². The van der Waals surface area contributed by atoms with Crippen molar-refractivity contribution in [2.75, 3.05) is 0 Å². The molecule has 0 heterocycles. The molecule has 2 rings (SSSR count). The molecule has 2 atom stereocenters. The number of carboxylic acids is 1. The standard InChI is InChI=1S/C13H15FO2/c1-3-8-5-10(8)9-6-11(13(15)16)12(14)4-7(9)2/h4,6,8,10H,3,5H2,1-2H3,(H,15,16). The van der Waals surface area contributed by atoms with E-state index in [0.29, 0.717) is 11.8 Å². The van der Waals surface area contributed by atoms with E-state index in [0.717, 1.165) is 24.0 Å². The third-order valence-corrected chi connectivity index (χ3v) is 3.43. The summed E-state index contributed by atoms with van der Waals surface area (Å²) < 4.78 is 13.4. The number of carbonyl (C=O) groups is 1. The summed E-state index contributed by atoms with van der Waals surface area (Å²) in [5, 5.41) is 8.87. The molecule has 3 heteroatoms. The quantitative estimate of drug-likeness (QED) is 0.851. The van der Waals surface area contributed by atoms with Crippen LogP contribution in [-0.4, -0.2) is 11.1 Å². The van der Waals surface area contributed by atoms with Gasteiger partial charge in [-0.3, -0.25) is 0 Å². The van der Waals surface area contributed by atoms with Gasteiger partial charge in [0.05, 0.1) is 5.56 Å². The summed E-state index contributed by atoms with van der Waals surface area (Å²) in [5.41, 5.74) is 1.66. The second-order valence-electron chi connectivity index (χ2n) is 4.50. The highest BCUT2D eigenvalue weighted by Gasteiger charge is 2.38. The maximum absolute atomic E-state index is 13.4. The topological polar surface area (TPSA) is 37.3 Å². The highest BCUT2D eigenvalue weighted by atomic mass is 19.1. The number of rotatable bonds is 3. The van der Waals surface area contributed by atoms with Crippen LogP contribution in [0.15, 0.2) is 12.1 Å². The predicted molar refractivity (Wildman–Crippen MR) is 59.2 cm³/mol. The van der Waals surface area contributed by atoms with Crippen LogP contribution in [-0.2, 0) is 0 Å². The fourth-order valence-electron chi connectivity index (χ4n) is 2.33. The normalized spacial score (nSPS) is 23.2. The molecule has 0 aliphatic heterocycles. The lowest BCUT2D eigenvalue weighted by atomic mass is 9.99. The predicted octanol–water partition coefficient (Wildman–Crippen LogP) is 3.35. The van der Waals surface area contributed by atoms with Crippen LogP contribution in [0.25, 0.3) is 0 Å². The molecule has 1 aromatic rings. The van der Waals surface area contributed by atoms with Crippen LogP contribution >= 0.6 is 0 Å². The van der Waals surface area contributed by atoms with Gasteiger partial charge in [-0.25, -0.2) is 9.18 Å². The molecule has 1 fully saturated rings. The van der Waals surface area contributed by atoms with Crippen LogP contribution in [0.1, 0.15) is 47.2 Å². The van der Waals surface area contributed by atoms with E-state index in [9.17, 15) is 9.18 Å². The molecule has 0 spiro atoms. The Balaban J connectivity index is 2.39. The van der Waals surface area contributed by atoms with E-state index >= 15 is 0 Å². The van der Waals surface area contributed by atoms with Crippen LogP contribution in [0.4, 0.5) is 4.39 Å². The van der Waals surface area contributed by atoms with Crippen molar-refractivity contribution in [2.24, 2.45) is 5.92 Å². The van der Waals surface area contributed by atoms with Gasteiger partial charge >= 0.3 is 5.97 Å². The Morgan fingerprint density at radius 1 is 1.56 bits per heavy atom. The van der Waals surface area contributed by atoms with Crippen molar-refractivity contribution in [3.05, 3.63) is 34.6 Å². The highest BCUT2D eigenvalue weighted by molar-refractivity contribution is 5.88. The number of halogens is 1. The largest absolute Gasteiger partial charge is 0.478 e. The molecule has 1 N–H and O–H groups in total. The van der Waals surface area contributed by atoms with E-state index in [2.05, 4.69) is 6.92 Å². The zero-order valence-electron chi connectivity index (χ0n) is 9.46. The van der Waals surface area contributed by atoms with Crippen LogP contribution in [0.5, 0.6) is 0 Å². The van der Waals surface area contributed by atoms with Crippen molar-refractivity contribution < 1.29 is 14.3 Å².